The molecule has 12 rings (SSSR count). The summed E-state index contributed by atoms with van der Waals surface area (Å²) in [4.78, 5) is 25.9. The number of hydrogen-bond donors (Lipinski definition) is 4. The maximum Gasteiger partial charge on any atom is 3.00 e. The van der Waals surface area contributed by atoms with Crippen LogP contribution in [0.25, 0.3) is 67.5 Å². The SMILES string of the molecule is CCO.CO.CO.O=S(=O)(O)C(F)(F)F.[2H]c1[c-]c(-c2cc(CC(C)C)c([Si](C)(C)C)cn2)c([2H])c([2H])c1[2H].[2H]c1c([2H])c([2H])c(-c2cc(CC(C)C)c([Si](C)(C)C)cn2)c([2H])c1[2H].[Ir+3].[Ir].[c-]1ccccc1-c1ccccn1.[c-]1ccccc1-c1ccccn1.[c-]1ccccc1-c1ccccn1.[c-]1ccccc1-c1ccccn1. The quantitative estimate of drug-likeness (QED) is 0.0392. The number of alkyl halides is 3. The average molecular weight is 1840 g/mol. The van der Waals surface area contributed by atoms with E-state index in [1.54, 1.807) is 31.7 Å². The van der Waals surface area contributed by atoms with E-state index in [0.717, 1.165) is 72.1 Å². The molecule has 0 aliphatic rings. The Morgan fingerprint density at radius 2 is 0.743 bits per heavy atom. The maximum atomic E-state index is 10.7. The summed E-state index contributed by atoms with van der Waals surface area (Å²) in [6, 6.07) is 71.8. The van der Waals surface area contributed by atoms with E-state index in [2.05, 4.69) is 127 Å². The molecular formula is C85H96F3Ir2N6O6SSi2-2. The molecule has 0 aliphatic heterocycles. The van der Waals surface area contributed by atoms with Crippen LogP contribution in [0.5, 0.6) is 0 Å². The second-order valence-corrected chi connectivity index (χ2v) is 35.8. The van der Waals surface area contributed by atoms with Crippen LogP contribution in [0.1, 0.15) is 58.1 Å². The summed E-state index contributed by atoms with van der Waals surface area (Å²) in [5.41, 5.74) is 6.45. The Kier molecular flexibility index (Phi) is 38.9. The molecular weight excluding hydrogens is 1730 g/mol. The first-order valence-electron chi connectivity index (χ1n) is 37.1. The van der Waals surface area contributed by atoms with Gasteiger partial charge in [-0.05, 0) is 109 Å². The van der Waals surface area contributed by atoms with Crippen molar-refractivity contribution in [2.45, 2.75) is 92.3 Å². The van der Waals surface area contributed by atoms with E-state index in [1.165, 1.54) is 21.5 Å². The monoisotopic (exact) mass is 1840 g/mol. The third-order valence-corrected chi connectivity index (χ3v) is 18.0. The van der Waals surface area contributed by atoms with Gasteiger partial charge in [-0.15, -0.1) is 179 Å². The first-order chi connectivity index (χ1) is 53.0. The van der Waals surface area contributed by atoms with Crippen molar-refractivity contribution in [3.05, 3.63) is 315 Å². The molecule has 0 amide bonds. The zero-order valence-corrected chi connectivity index (χ0v) is 68.7. The molecule has 20 heteroatoms. The number of aliphatic hydroxyl groups is 3. The van der Waals surface area contributed by atoms with Crippen molar-refractivity contribution in [1.82, 2.24) is 29.9 Å². The topological polar surface area (TPSA) is 192 Å². The Morgan fingerprint density at radius 1 is 0.448 bits per heavy atom. The molecule has 0 unspecified atom stereocenters. The average Bonchev–Trinajstić information content (AvgIpc) is 0.775. The number of nitrogens with zero attached hydrogens (tertiary/aromatic N) is 6. The molecule has 0 bridgehead atoms. The van der Waals surface area contributed by atoms with Gasteiger partial charge in [0.2, 0.25) is 0 Å². The Morgan fingerprint density at radius 3 is 1.01 bits per heavy atom. The van der Waals surface area contributed by atoms with Crippen LogP contribution in [0.2, 0.25) is 39.3 Å². The van der Waals surface area contributed by atoms with E-state index in [1.807, 2.05) is 194 Å². The van der Waals surface area contributed by atoms with E-state index >= 15 is 0 Å². The fraction of sp³-hybridized carbons (Fsp3) is 0.224. The van der Waals surface area contributed by atoms with Crippen molar-refractivity contribution < 1.29 is 94.0 Å². The molecule has 4 N–H and O–H groups in total. The fourth-order valence-electron chi connectivity index (χ4n) is 8.89. The molecule has 105 heavy (non-hydrogen) atoms. The van der Waals surface area contributed by atoms with E-state index in [0.29, 0.717) is 28.8 Å². The molecule has 0 aliphatic carbocycles. The van der Waals surface area contributed by atoms with Crippen molar-refractivity contribution in [3.63, 3.8) is 0 Å². The molecule has 12 nitrogen and oxygen atoms in total. The minimum atomic E-state index is -5.84. The zero-order chi connectivity index (χ0) is 83.9. The zero-order valence-electron chi connectivity index (χ0n) is 70.1. The van der Waals surface area contributed by atoms with Gasteiger partial charge in [0.25, 0.3) is 0 Å². The number of rotatable bonds is 12. The summed E-state index contributed by atoms with van der Waals surface area (Å²) in [5, 5.41) is 24.1. The molecule has 0 atom stereocenters. The van der Waals surface area contributed by atoms with E-state index < -0.39 is 31.8 Å². The van der Waals surface area contributed by atoms with Gasteiger partial charge < -0.3 is 40.2 Å². The van der Waals surface area contributed by atoms with Crippen molar-refractivity contribution >= 4 is 36.6 Å². The van der Waals surface area contributed by atoms with Gasteiger partial charge in [0.05, 0.1) is 28.7 Å². The van der Waals surface area contributed by atoms with Crippen molar-refractivity contribution in [1.29, 1.82) is 0 Å². The van der Waals surface area contributed by atoms with Gasteiger partial charge in [0, 0.05) is 86.4 Å². The molecule has 12 aromatic rings. The third kappa shape index (κ3) is 36.9. The predicted molar refractivity (Wildman–Crippen MR) is 422 cm³/mol. The second kappa shape index (κ2) is 51.7. The minimum Gasteiger partial charge on any atom is -0.400 e. The molecule has 557 valence electrons. The van der Waals surface area contributed by atoms with Crippen LogP contribution in [0.3, 0.4) is 0 Å². The first kappa shape index (κ1) is 79.1. The normalized spacial score (nSPS) is 11.5. The predicted octanol–water partition coefficient (Wildman–Crippen LogP) is 18.6. The smallest absolute Gasteiger partial charge is 0.400 e. The second-order valence-electron chi connectivity index (χ2n) is 24.4. The van der Waals surface area contributed by atoms with Gasteiger partial charge >= 0.3 is 35.7 Å². The molecule has 0 spiro atoms. The molecule has 0 saturated heterocycles. The molecule has 1 radical (unpaired) electrons. The Labute approximate surface area is 663 Å². The number of benzene rings is 6. The molecule has 6 heterocycles. The van der Waals surface area contributed by atoms with E-state index in [9.17, 15) is 13.2 Å². The largest absolute Gasteiger partial charge is 3.00 e. The van der Waals surface area contributed by atoms with Crippen LogP contribution in [0.4, 0.5) is 13.2 Å². The minimum absolute atomic E-state index is 0. The summed E-state index contributed by atoms with van der Waals surface area (Å²) >= 11 is 0. The summed E-state index contributed by atoms with van der Waals surface area (Å²) in [6.07, 6.45) is 12.7. The summed E-state index contributed by atoms with van der Waals surface area (Å²) in [6.45, 7) is 24.2. The van der Waals surface area contributed by atoms with Crippen molar-refractivity contribution in [2.75, 3.05) is 20.8 Å². The Hall–Kier alpha value is -8.47. The molecule has 6 aromatic heterocycles. The van der Waals surface area contributed by atoms with Crippen LogP contribution in [-0.4, -0.2) is 101 Å². The van der Waals surface area contributed by atoms with Gasteiger partial charge in [-0.2, -0.15) is 21.6 Å². The van der Waals surface area contributed by atoms with E-state index in [4.69, 9.17) is 40.6 Å². The first-order valence-corrected chi connectivity index (χ1v) is 41.1. The van der Waals surface area contributed by atoms with Gasteiger partial charge in [-0.3, -0.25) is 9.54 Å². The number of halogens is 3. The molecule has 0 fully saturated rings. The summed E-state index contributed by atoms with van der Waals surface area (Å²) < 4.78 is 129. The van der Waals surface area contributed by atoms with Crippen molar-refractivity contribution in [3.8, 4) is 67.5 Å². The molecule has 6 aromatic carbocycles. The van der Waals surface area contributed by atoms with Crippen molar-refractivity contribution in [2.24, 2.45) is 11.8 Å². The van der Waals surface area contributed by atoms with Crippen LogP contribution in [0.15, 0.2) is 274 Å². The van der Waals surface area contributed by atoms with Gasteiger partial charge in [-0.25, -0.2) is 0 Å². The summed E-state index contributed by atoms with van der Waals surface area (Å²) in [7, 11) is -6.96. The van der Waals surface area contributed by atoms with Gasteiger partial charge in [0.15, 0.2) is 0 Å². The number of hydrogen-bond acceptors (Lipinski definition) is 11. The Balaban J connectivity index is 0.000000674. The number of aliphatic hydroxyl groups excluding tert-OH is 3. The summed E-state index contributed by atoms with van der Waals surface area (Å²) in [5.74, 6) is 0.967. The number of aromatic nitrogens is 6. The van der Waals surface area contributed by atoms with Crippen LogP contribution < -0.4 is 10.4 Å². The molecule has 0 saturated carbocycles. The van der Waals surface area contributed by atoms with Crippen LogP contribution in [0, 0.1) is 42.2 Å². The van der Waals surface area contributed by atoms with Gasteiger partial charge in [-0.1, -0.05) is 157 Å². The van der Waals surface area contributed by atoms with Crippen LogP contribution in [-0.2, 0) is 63.2 Å². The maximum absolute atomic E-state index is 10.7. The Bertz CT molecular complexity index is 4370. The number of pyridine rings is 6. The van der Waals surface area contributed by atoms with Crippen LogP contribution >= 0.6 is 0 Å². The third-order valence-electron chi connectivity index (χ3n) is 13.3. The van der Waals surface area contributed by atoms with E-state index in [-0.39, 0.29) is 107 Å². The van der Waals surface area contributed by atoms with Gasteiger partial charge in [0.1, 0.15) is 0 Å². The fourth-order valence-corrected chi connectivity index (χ4v) is 12.1. The standard InChI is InChI=1S/C18H25NSi.C18H24NSi.4C11H8N.C2H6O.CHF3O3S.2CH4O.2Ir/c2*1-14(2)11-16-12-17(15-9-7-6-8-10-15)19-13-18(16)20(3,4)5;4*1-2-6-10(7-3-1)11-8-4-5-9-12-11;1-2-3;2-1(3,4)8(5,6)7;2*1-2;;/h6-10,12-14H,11H2,1-5H3;6-9,12-14H,11H2,1-5H3;4*1-6,8-9H;3H,2H2,1H3;(H,5,6,7);2*2H,1H3;;/q;5*-1;;;;;;+3/i6D,7D,8D,9D,10D;6D,7D,8D,9D;;;;;;;;;;.